The van der Waals surface area contributed by atoms with Crippen LogP contribution in [-0.2, 0) is 0 Å². The van der Waals surface area contributed by atoms with Crippen LogP contribution in [0.3, 0.4) is 0 Å². The third-order valence-corrected chi connectivity index (χ3v) is 4.41. The molecule has 4 heteroatoms. The Morgan fingerprint density at radius 1 is 1.13 bits per heavy atom. The topological polar surface area (TPSA) is 45.4 Å². The Morgan fingerprint density at radius 2 is 1.80 bits per heavy atom. The average Bonchev–Trinajstić information content (AvgIpc) is 2.91. The number of nitrogens with zero attached hydrogens (tertiary/aromatic N) is 1. The van der Waals surface area contributed by atoms with Gasteiger partial charge in [0, 0.05) is 11.4 Å². The summed E-state index contributed by atoms with van der Waals surface area (Å²) in [6.07, 6.45) is 23.6. The van der Waals surface area contributed by atoms with E-state index in [2.05, 4.69) is 68.4 Å². The van der Waals surface area contributed by atoms with E-state index in [0.717, 1.165) is 6.42 Å². The van der Waals surface area contributed by atoms with Crippen molar-refractivity contribution in [3.63, 3.8) is 0 Å². The molecular formula is C26H38BNO2. The maximum Gasteiger partial charge on any atom is 0.455 e. The first kappa shape index (κ1) is 27.4. The summed E-state index contributed by atoms with van der Waals surface area (Å²) in [5.41, 5.74) is 6.29. The lowest BCUT2D eigenvalue weighted by Crippen LogP contribution is -2.07. The lowest BCUT2D eigenvalue weighted by molar-refractivity contribution is 0.411. The zero-order valence-electron chi connectivity index (χ0n) is 19.5. The van der Waals surface area contributed by atoms with Gasteiger partial charge in [-0.15, -0.1) is 0 Å². The van der Waals surface area contributed by atoms with E-state index in [4.69, 9.17) is 10.0 Å². The van der Waals surface area contributed by atoms with Crippen molar-refractivity contribution in [1.29, 1.82) is 0 Å². The monoisotopic (exact) mass is 407 g/mol. The zero-order valence-corrected chi connectivity index (χ0v) is 19.5. The van der Waals surface area contributed by atoms with Gasteiger partial charge in [-0.2, -0.15) is 0 Å². The van der Waals surface area contributed by atoms with Crippen LogP contribution in [0.1, 0.15) is 51.1 Å². The molecule has 0 atom stereocenters. The van der Waals surface area contributed by atoms with Crippen molar-refractivity contribution in [3.05, 3.63) is 96.4 Å². The first-order chi connectivity index (χ1) is 14.3. The van der Waals surface area contributed by atoms with Gasteiger partial charge >= 0.3 is 7.12 Å². The van der Waals surface area contributed by atoms with Crippen LogP contribution in [0.5, 0.6) is 0 Å². The molecule has 0 radical (unpaired) electrons. The van der Waals surface area contributed by atoms with Crippen molar-refractivity contribution in [2.24, 2.45) is 0 Å². The molecule has 30 heavy (non-hydrogen) atoms. The van der Waals surface area contributed by atoms with Crippen molar-refractivity contribution >= 4 is 18.4 Å². The average molecular weight is 407 g/mol. The summed E-state index contributed by atoms with van der Waals surface area (Å²) >= 11 is 0. The molecule has 0 fully saturated rings. The van der Waals surface area contributed by atoms with Gasteiger partial charge in [0.15, 0.2) is 0 Å². The van der Waals surface area contributed by atoms with Gasteiger partial charge in [0.25, 0.3) is 0 Å². The van der Waals surface area contributed by atoms with Crippen LogP contribution in [0.25, 0.3) is 11.3 Å². The van der Waals surface area contributed by atoms with E-state index >= 15 is 0 Å². The van der Waals surface area contributed by atoms with E-state index in [-0.39, 0.29) is 0 Å². The number of aromatic nitrogens is 1. The molecule has 162 valence electrons. The van der Waals surface area contributed by atoms with E-state index in [0.29, 0.717) is 6.32 Å². The van der Waals surface area contributed by atoms with Gasteiger partial charge < -0.3 is 14.6 Å². The van der Waals surface area contributed by atoms with Crippen molar-refractivity contribution in [3.8, 4) is 0 Å². The minimum absolute atomic E-state index is 0.330. The van der Waals surface area contributed by atoms with Gasteiger partial charge in [0.2, 0.25) is 0 Å². The molecule has 0 saturated heterocycles. The number of rotatable bonds is 5. The van der Waals surface area contributed by atoms with Crippen LogP contribution in [0.2, 0.25) is 6.32 Å². The molecule has 1 aromatic rings. The molecule has 0 unspecified atom stereocenters. The molecule has 1 aromatic heterocycles. The summed E-state index contributed by atoms with van der Waals surface area (Å²) in [7, 11) is -1.18. The molecule has 0 saturated carbocycles. The fraction of sp³-hybridized carbons (Fsp3) is 0.308. The summed E-state index contributed by atoms with van der Waals surface area (Å²) in [6, 6.07) is 2.26. The molecule has 1 aliphatic rings. The van der Waals surface area contributed by atoms with Crippen LogP contribution in [0.15, 0.2) is 79.5 Å². The number of aryl methyl sites for hydroxylation is 1. The highest BCUT2D eigenvalue weighted by atomic mass is 16.4. The van der Waals surface area contributed by atoms with Gasteiger partial charge in [-0.3, -0.25) is 0 Å². The quantitative estimate of drug-likeness (QED) is 0.325. The van der Waals surface area contributed by atoms with Crippen molar-refractivity contribution in [2.45, 2.75) is 54.3 Å². The summed E-state index contributed by atoms with van der Waals surface area (Å²) in [5, 5.41) is 16.4. The van der Waals surface area contributed by atoms with E-state index < -0.39 is 7.12 Å². The standard InChI is InChI=1S/C18H21N.C4H9BO2.C4H8/c1-5-10-15(3)19-16(4)14(2)13-18(19)17-11-8-6-7-9-12-17;1-2-3-4-5(6)7;1-3-4-2/h5-6,8-13H,1,7H2,2-4H3;2-3,6-7H,4H2,1H3;3-4H,1-2H3/b15-10+;3-2-;4-3-. The van der Waals surface area contributed by atoms with Gasteiger partial charge in [-0.1, -0.05) is 67.3 Å². The van der Waals surface area contributed by atoms with Crippen molar-refractivity contribution < 1.29 is 10.0 Å². The smallest absolute Gasteiger partial charge is 0.427 e. The Bertz CT molecular complexity index is 814. The molecule has 0 amide bonds. The Kier molecular flexibility index (Phi) is 14.9. The summed E-state index contributed by atoms with van der Waals surface area (Å²) in [6.45, 7) is 16.1. The van der Waals surface area contributed by atoms with Crippen molar-refractivity contribution in [1.82, 2.24) is 4.57 Å². The highest BCUT2D eigenvalue weighted by Gasteiger charge is 2.12. The third kappa shape index (κ3) is 10.3. The third-order valence-electron chi connectivity index (χ3n) is 4.41. The van der Waals surface area contributed by atoms with Crippen LogP contribution >= 0.6 is 0 Å². The lowest BCUT2D eigenvalue weighted by atomic mass is 9.86. The molecule has 3 nitrogen and oxygen atoms in total. The Labute approximate surface area is 184 Å². The predicted octanol–water partition coefficient (Wildman–Crippen LogP) is 6.67. The fourth-order valence-corrected chi connectivity index (χ4v) is 2.65. The minimum Gasteiger partial charge on any atom is -0.427 e. The van der Waals surface area contributed by atoms with Crippen LogP contribution in [0, 0.1) is 13.8 Å². The van der Waals surface area contributed by atoms with E-state index in [9.17, 15) is 0 Å². The van der Waals surface area contributed by atoms with Crippen LogP contribution in [-0.4, -0.2) is 21.7 Å². The molecule has 0 aromatic carbocycles. The second-order valence-electron chi connectivity index (χ2n) is 6.82. The van der Waals surface area contributed by atoms with Crippen molar-refractivity contribution in [2.75, 3.05) is 0 Å². The summed E-state index contributed by atoms with van der Waals surface area (Å²) < 4.78 is 2.30. The van der Waals surface area contributed by atoms with Gasteiger partial charge in [-0.05, 0) is 77.6 Å². The van der Waals surface area contributed by atoms with Crippen LogP contribution in [0.4, 0.5) is 0 Å². The van der Waals surface area contributed by atoms with Gasteiger partial charge in [0.05, 0.1) is 5.69 Å². The number of hydrogen-bond acceptors (Lipinski definition) is 2. The Balaban J connectivity index is 0.000000636. The van der Waals surface area contributed by atoms with Crippen LogP contribution < -0.4 is 0 Å². The molecule has 1 heterocycles. The molecule has 0 aliphatic heterocycles. The predicted molar refractivity (Wildman–Crippen MR) is 135 cm³/mol. The zero-order chi connectivity index (χ0) is 22.9. The van der Waals surface area contributed by atoms with E-state index in [1.807, 2.05) is 45.1 Å². The summed E-state index contributed by atoms with van der Waals surface area (Å²) in [5.74, 6) is 0. The minimum atomic E-state index is -1.18. The maximum atomic E-state index is 8.19. The maximum absolute atomic E-state index is 8.19. The SMILES string of the molecule is C/C=C\C.C/C=C\CB(O)O.C=C/C=C(\C)n1c(C2=CC=CCC=C2)cc(C)c1C. The highest BCUT2D eigenvalue weighted by Crippen LogP contribution is 2.27. The molecule has 1 aliphatic carbocycles. The molecule has 2 rings (SSSR count). The number of allylic oxidation sites excluding steroid dienone is 13. The van der Waals surface area contributed by atoms with Gasteiger partial charge in [-0.25, -0.2) is 0 Å². The lowest BCUT2D eigenvalue weighted by Gasteiger charge is -2.12. The molecule has 0 spiro atoms. The fourth-order valence-electron chi connectivity index (χ4n) is 2.65. The Morgan fingerprint density at radius 3 is 2.30 bits per heavy atom. The second-order valence-corrected chi connectivity index (χ2v) is 6.82. The molecule has 0 bridgehead atoms. The highest BCUT2D eigenvalue weighted by molar-refractivity contribution is 6.41. The summed E-state index contributed by atoms with van der Waals surface area (Å²) in [4.78, 5) is 0. The molecule has 2 N–H and O–H groups in total. The second kappa shape index (κ2) is 16.3. The molecular weight excluding hydrogens is 369 g/mol. The largest absolute Gasteiger partial charge is 0.455 e. The van der Waals surface area contributed by atoms with Gasteiger partial charge in [0.1, 0.15) is 0 Å². The van der Waals surface area contributed by atoms with E-state index in [1.54, 1.807) is 12.2 Å². The first-order valence-corrected chi connectivity index (χ1v) is 10.4. The first-order valence-electron chi connectivity index (χ1n) is 10.4. The normalized spacial score (nSPS) is 13.3. The number of hydrogen-bond donors (Lipinski definition) is 2. The Hall–Kier alpha value is -2.56. The van der Waals surface area contributed by atoms with E-state index in [1.165, 1.54) is 28.2 Å².